The molecule has 0 aromatic heterocycles. The highest BCUT2D eigenvalue weighted by atomic mass is 32.3. The number of anilines is 1. The summed E-state index contributed by atoms with van der Waals surface area (Å²) in [5, 5.41) is 0. The first-order valence-electron chi connectivity index (χ1n) is 5.43. The van der Waals surface area contributed by atoms with Crippen LogP contribution in [-0.2, 0) is 20.0 Å². The van der Waals surface area contributed by atoms with Crippen LogP contribution >= 0.6 is 0 Å². The molecule has 0 saturated carbocycles. The molecule has 0 saturated heterocycles. The van der Waals surface area contributed by atoms with Gasteiger partial charge in [0.15, 0.2) is 0 Å². The molecule has 0 spiro atoms. The Bertz CT molecular complexity index is 653. The third-order valence-electron chi connectivity index (χ3n) is 2.19. The van der Waals surface area contributed by atoms with E-state index < -0.39 is 40.7 Å². The molecule has 0 heterocycles. The Morgan fingerprint density at radius 1 is 1.05 bits per heavy atom. The van der Waals surface area contributed by atoms with Crippen LogP contribution in [0.4, 0.5) is 18.9 Å². The average Bonchev–Trinajstić information content (AvgIpc) is 2.27. The number of alkyl halides is 3. The molecule has 0 radical (unpaired) electrons. The van der Waals surface area contributed by atoms with Gasteiger partial charge in [-0.1, -0.05) is 25.1 Å². The normalized spacial score (nSPS) is 13.2. The highest BCUT2D eigenvalue weighted by Crippen LogP contribution is 2.33. The van der Waals surface area contributed by atoms with E-state index in [0.29, 0.717) is 0 Å². The molecule has 10 heteroatoms. The topological polar surface area (TPSA) is 71.5 Å². The summed E-state index contributed by atoms with van der Waals surface area (Å²) in [4.78, 5) is 0. The summed E-state index contributed by atoms with van der Waals surface area (Å²) >= 11 is 0. The summed E-state index contributed by atoms with van der Waals surface area (Å²) in [6, 6.07) is 5.88. The molecule has 20 heavy (non-hydrogen) atoms. The molecule has 0 N–H and O–H groups in total. The molecule has 5 nitrogen and oxygen atoms in total. The SMILES string of the molecule is CCCS(=O)(=O)N(c1ccccc1)S(=O)(=O)C(F)(F)F. The number of halogens is 3. The van der Waals surface area contributed by atoms with Gasteiger partial charge in [0.1, 0.15) is 0 Å². The standard InChI is InChI=1S/C10H12F3NO4S2/c1-2-8-19(15,16)14(9-6-4-3-5-7-9)20(17,18)10(11,12)13/h3-7H,2,8H2,1H3. The molecule has 0 aliphatic carbocycles. The molecule has 0 amide bonds. The van der Waals surface area contributed by atoms with Crippen molar-refractivity contribution in [1.82, 2.24) is 0 Å². The van der Waals surface area contributed by atoms with E-state index in [0.717, 1.165) is 12.1 Å². The smallest absolute Gasteiger partial charge is 0.205 e. The van der Waals surface area contributed by atoms with Crippen LogP contribution in [0.5, 0.6) is 0 Å². The Kier molecular flexibility index (Phi) is 4.70. The van der Waals surface area contributed by atoms with Crippen LogP contribution in [0, 0.1) is 0 Å². The Balaban J connectivity index is 3.54. The minimum absolute atomic E-state index is 0.0148. The fraction of sp³-hybridized carbons (Fsp3) is 0.400. The average molecular weight is 331 g/mol. The van der Waals surface area contributed by atoms with Gasteiger partial charge in [0.25, 0.3) is 0 Å². The molecule has 1 aromatic rings. The summed E-state index contributed by atoms with van der Waals surface area (Å²) in [6.07, 6.45) is -0.0148. The highest BCUT2D eigenvalue weighted by Gasteiger charge is 2.54. The molecule has 1 aromatic carbocycles. The summed E-state index contributed by atoms with van der Waals surface area (Å²) < 4.78 is 84.1. The van der Waals surface area contributed by atoms with Gasteiger partial charge < -0.3 is 0 Å². The molecular formula is C10H12F3NO4S2. The quantitative estimate of drug-likeness (QED) is 0.828. The lowest BCUT2D eigenvalue weighted by Gasteiger charge is -2.24. The minimum atomic E-state index is -6.03. The second kappa shape index (κ2) is 5.60. The monoisotopic (exact) mass is 331 g/mol. The summed E-state index contributed by atoms with van der Waals surface area (Å²) in [5.41, 5.74) is -6.28. The lowest BCUT2D eigenvalue weighted by molar-refractivity contribution is -0.0434. The van der Waals surface area contributed by atoms with Crippen LogP contribution in [0.15, 0.2) is 30.3 Å². The zero-order valence-electron chi connectivity index (χ0n) is 10.3. The fourth-order valence-electron chi connectivity index (χ4n) is 1.43. The number of benzene rings is 1. The zero-order valence-corrected chi connectivity index (χ0v) is 12.0. The zero-order chi connectivity index (χ0) is 15.6. The van der Waals surface area contributed by atoms with Gasteiger partial charge in [0, 0.05) is 0 Å². The van der Waals surface area contributed by atoms with Gasteiger partial charge in [-0.25, -0.2) is 8.42 Å². The summed E-state index contributed by atoms with van der Waals surface area (Å²) in [7, 11) is -10.7. The Hall–Kier alpha value is -1.29. The second-order valence-electron chi connectivity index (χ2n) is 3.80. The van der Waals surface area contributed by atoms with E-state index in [-0.39, 0.29) is 6.42 Å². The molecule has 0 aliphatic rings. The largest absolute Gasteiger partial charge is 0.517 e. The van der Waals surface area contributed by atoms with Crippen LogP contribution in [-0.4, -0.2) is 28.1 Å². The maximum Gasteiger partial charge on any atom is 0.517 e. The van der Waals surface area contributed by atoms with Crippen molar-refractivity contribution >= 4 is 25.7 Å². The van der Waals surface area contributed by atoms with E-state index in [1.165, 1.54) is 25.1 Å². The van der Waals surface area contributed by atoms with Crippen molar-refractivity contribution in [2.24, 2.45) is 0 Å². The van der Waals surface area contributed by atoms with Gasteiger partial charge in [-0.3, -0.25) is 0 Å². The number of rotatable bonds is 5. The van der Waals surface area contributed by atoms with Gasteiger partial charge in [-0.15, -0.1) is 0 Å². The van der Waals surface area contributed by atoms with Crippen molar-refractivity contribution < 1.29 is 30.0 Å². The lowest BCUT2D eigenvalue weighted by Crippen LogP contribution is -2.45. The van der Waals surface area contributed by atoms with Crippen LogP contribution in [0.1, 0.15) is 13.3 Å². The van der Waals surface area contributed by atoms with Crippen LogP contribution in [0.2, 0.25) is 0 Å². The van der Waals surface area contributed by atoms with Gasteiger partial charge in [0.2, 0.25) is 10.0 Å². The molecule has 0 aliphatic heterocycles. The van der Waals surface area contributed by atoms with Gasteiger partial charge in [0.05, 0.1) is 11.4 Å². The number of hydrogen-bond donors (Lipinski definition) is 0. The molecule has 0 unspecified atom stereocenters. The predicted octanol–water partition coefficient (Wildman–Crippen LogP) is 2.08. The number of sulfonamides is 2. The van der Waals surface area contributed by atoms with E-state index in [4.69, 9.17) is 0 Å². The van der Waals surface area contributed by atoms with Gasteiger partial charge in [-0.05, 0) is 18.6 Å². The van der Waals surface area contributed by atoms with Gasteiger partial charge >= 0.3 is 15.5 Å². The minimum Gasteiger partial charge on any atom is -0.205 e. The number of hydrogen-bond acceptors (Lipinski definition) is 4. The highest BCUT2D eigenvalue weighted by molar-refractivity contribution is 8.10. The lowest BCUT2D eigenvalue weighted by atomic mass is 10.3. The Morgan fingerprint density at radius 3 is 1.95 bits per heavy atom. The van der Waals surface area contributed by atoms with Crippen LogP contribution in [0.25, 0.3) is 0 Å². The second-order valence-corrected chi connectivity index (χ2v) is 7.75. The molecule has 0 bridgehead atoms. The van der Waals surface area contributed by atoms with Crippen molar-refractivity contribution in [3.63, 3.8) is 0 Å². The van der Waals surface area contributed by atoms with Crippen molar-refractivity contribution in [3.8, 4) is 0 Å². The maximum absolute atomic E-state index is 12.6. The first-order valence-corrected chi connectivity index (χ1v) is 8.48. The van der Waals surface area contributed by atoms with E-state index in [1.807, 2.05) is 0 Å². The summed E-state index contributed by atoms with van der Waals surface area (Å²) in [5.74, 6) is -0.711. The first kappa shape index (κ1) is 16.8. The maximum atomic E-state index is 12.6. The molecule has 0 fully saturated rings. The van der Waals surface area contributed by atoms with Crippen molar-refractivity contribution in [2.45, 2.75) is 18.9 Å². The summed E-state index contributed by atoms with van der Waals surface area (Å²) in [6.45, 7) is 1.42. The third-order valence-corrected chi connectivity index (χ3v) is 6.34. The fourth-order valence-corrected chi connectivity index (χ4v) is 4.82. The Morgan fingerprint density at radius 2 is 1.55 bits per heavy atom. The van der Waals surface area contributed by atoms with Crippen LogP contribution < -0.4 is 3.71 Å². The van der Waals surface area contributed by atoms with E-state index >= 15 is 0 Å². The van der Waals surface area contributed by atoms with E-state index in [1.54, 1.807) is 0 Å². The molecule has 114 valence electrons. The number of para-hydroxylation sites is 1. The Labute approximate surface area is 115 Å². The van der Waals surface area contributed by atoms with E-state index in [2.05, 4.69) is 0 Å². The van der Waals surface area contributed by atoms with Gasteiger partial charge in [-0.2, -0.15) is 25.3 Å². The number of nitrogens with zero attached hydrogens (tertiary/aromatic N) is 1. The molecule has 1 rings (SSSR count). The van der Waals surface area contributed by atoms with Crippen LogP contribution in [0.3, 0.4) is 0 Å². The third kappa shape index (κ3) is 3.23. The first-order chi connectivity index (χ1) is 9.04. The predicted molar refractivity (Wildman–Crippen MR) is 68.0 cm³/mol. The van der Waals surface area contributed by atoms with Crippen molar-refractivity contribution in [1.29, 1.82) is 0 Å². The van der Waals surface area contributed by atoms with Crippen molar-refractivity contribution in [3.05, 3.63) is 30.3 Å². The van der Waals surface area contributed by atoms with Crippen molar-refractivity contribution in [2.75, 3.05) is 9.46 Å². The van der Waals surface area contributed by atoms with E-state index in [9.17, 15) is 30.0 Å². The molecule has 0 atom stereocenters. The molecular weight excluding hydrogens is 319 g/mol.